The number of rotatable bonds is 4. The average molecular weight is 501 g/mol. The van der Waals surface area contributed by atoms with E-state index >= 15 is 0 Å². The van der Waals surface area contributed by atoms with Crippen LogP contribution in [0.5, 0.6) is 0 Å². The molecule has 0 amide bonds. The number of hydrogen-bond donors (Lipinski definition) is 0. The maximum Gasteiger partial charge on any atom is 0.183 e. The maximum atomic E-state index is 5.74. The summed E-state index contributed by atoms with van der Waals surface area (Å²) in [5, 5.41) is 2.66. The SMILES string of the molecule is C[C](C)=[Zr+2].C[Si](C)(C)OCCC1=CC[C-]=C1.[Cl-].[Cl-].c1ccc2[cH-]ccc2c1. The third kappa shape index (κ3) is 15.4. The molecule has 0 saturated carbocycles. The molecule has 0 aromatic heterocycles. The van der Waals surface area contributed by atoms with Crippen LogP contribution < -0.4 is 24.8 Å². The zero-order chi connectivity index (χ0) is 18.7. The first-order valence-electron chi connectivity index (χ1n) is 8.80. The maximum absolute atomic E-state index is 5.74. The van der Waals surface area contributed by atoms with Gasteiger partial charge in [0.1, 0.15) is 0 Å². The van der Waals surface area contributed by atoms with Crippen molar-refractivity contribution in [3.8, 4) is 0 Å². The normalized spacial score (nSPS) is 11.9. The first-order chi connectivity index (χ1) is 11.8. The van der Waals surface area contributed by atoms with Gasteiger partial charge in [-0.3, -0.25) is 6.08 Å². The van der Waals surface area contributed by atoms with E-state index in [2.05, 4.69) is 94.2 Å². The van der Waals surface area contributed by atoms with Gasteiger partial charge in [-0.1, -0.05) is 12.5 Å². The van der Waals surface area contributed by atoms with Crippen molar-refractivity contribution in [2.75, 3.05) is 6.61 Å². The summed E-state index contributed by atoms with van der Waals surface area (Å²) in [7, 11) is -1.29. The summed E-state index contributed by atoms with van der Waals surface area (Å²) in [6.45, 7) is 11.8. The molecule has 27 heavy (non-hydrogen) atoms. The van der Waals surface area contributed by atoms with Crippen LogP contribution in [-0.4, -0.2) is 18.1 Å². The topological polar surface area (TPSA) is 9.23 Å². The Hall–Kier alpha value is -0.180. The Balaban J connectivity index is 0. The zero-order valence-corrected chi connectivity index (χ0v) is 22.0. The van der Waals surface area contributed by atoms with Gasteiger partial charge in [0.25, 0.3) is 0 Å². The van der Waals surface area contributed by atoms with Gasteiger partial charge in [-0.05, 0) is 19.6 Å². The van der Waals surface area contributed by atoms with Crippen LogP contribution in [-0.2, 0) is 28.7 Å². The monoisotopic (exact) mass is 498 g/mol. The van der Waals surface area contributed by atoms with Gasteiger partial charge in [-0.25, -0.2) is 6.08 Å². The molecule has 0 saturated heterocycles. The fourth-order valence-electron chi connectivity index (χ4n) is 2.16. The standard InChI is InChI=1S/C10H17OSi.C9H7.C3H6.2ClH.Zr/c1-12(2,3)11-9-8-10-6-4-5-7-10;1-2-5-9-7-3-6-8(9)4-1;1-3-2;;;/h6-7H,4,8-9H2,1-3H3;1-7H;1-2H3;2*1H;/q2*-1;;;;+2/p-2. The number of allylic oxidation sites excluding steroid dienone is 3. The van der Waals surface area contributed by atoms with Gasteiger partial charge >= 0.3 is 41.3 Å². The Morgan fingerprint density at radius 1 is 1.15 bits per heavy atom. The Morgan fingerprint density at radius 2 is 1.78 bits per heavy atom. The zero-order valence-electron chi connectivity index (χ0n) is 17.0. The molecule has 1 aliphatic rings. The third-order valence-corrected chi connectivity index (χ3v) is 4.31. The van der Waals surface area contributed by atoms with Crippen molar-refractivity contribution in [1.29, 1.82) is 0 Å². The molecule has 0 bridgehead atoms. The predicted octanol–water partition coefficient (Wildman–Crippen LogP) is 0.230. The average Bonchev–Trinajstić information content (AvgIpc) is 3.17. The molecule has 0 N–H and O–H groups in total. The summed E-state index contributed by atoms with van der Waals surface area (Å²) < 4.78 is 7.25. The van der Waals surface area contributed by atoms with E-state index in [1.807, 2.05) is 0 Å². The molecule has 1 nitrogen and oxygen atoms in total. The molecular formula is C22H30Cl2OSiZr-2. The molecule has 0 fully saturated rings. The van der Waals surface area contributed by atoms with Crippen molar-refractivity contribution in [2.45, 2.75) is 46.3 Å². The van der Waals surface area contributed by atoms with Gasteiger partial charge in [0.2, 0.25) is 0 Å². The molecule has 0 atom stereocenters. The van der Waals surface area contributed by atoms with Gasteiger partial charge in [-0.2, -0.15) is 29.2 Å². The van der Waals surface area contributed by atoms with Crippen LogP contribution in [0.15, 0.2) is 60.2 Å². The van der Waals surface area contributed by atoms with E-state index in [9.17, 15) is 0 Å². The van der Waals surface area contributed by atoms with E-state index in [1.54, 1.807) is 24.2 Å². The molecule has 148 valence electrons. The van der Waals surface area contributed by atoms with Crippen molar-refractivity contribution < 1.29 is 53.5 Å². The van der Waals surface area contributed by atoms with Crippen molar-refractivity contribution in [2.24, 2.45) is 0 Å². The van der Waals surface area contributed by atoms with Crippen LogP contribution >= 0.6 is 0 Å². The predicted molar refractivity (Wildman–Crippen MR) is 110 cm³/mol. The van der Waals surface area contributed by atoms with E-state index < -0.39 is 8.32 Å². The molecule has 5 heteroatoms. The smallest absolute Gasteiger partial charge is 0.183 e. The van der Waals surface area contributed by atoms with Crippen LogP contribution in [0.3, 0.4) is 0 Å². The molecule has 2 aromatic carbocycles. The first-order valence-corrected chi connectivity index (χ1v) is 13.4. The summed E-state index contributed by atoms with van der Waals surface area (Å²) >= 11 is 1.55. The Morgan fingerprint density at radius 3 is 2.30 bits per heavy atom. The van der Waals surface area contributed by atoms with Gasteiger partial charge in [-0.15, -0.1) is 36.1 Å². The fourth-order valence-corrected chi connectivity index (χ4v) is 2.87. The van der Waals surface area contributed by atoms with E-state index in [-0.39, 0.29) is 24.8 Å². The molecular weight excluding hydrogens is 470 g/mol. The minimum atomic E-state index is -1.29. The largest absolute Gasteiger partial charge is 1.00 e. The second-order valence-corrected chi connectivity index (χ2v) is 14.2. The number of fused-ring (bicyclic) bond motifs is 1. The van der Waals surface area contributed by atoms with Crippen LogP contribution in [0.2, 0.25) is 19.6 Å². The number of benzene rings is 1. The van der Waals surface area contributed by atoms with Crippen molar-refractivity contribution in [1.82, 2.24) is 0 Å². The molecule has 1 aliphatic carbocycles. The second kappa shape index (κ2) is 15.7. The minimum absolute atomic E-state index is 0. The van der Waals surface area contributed by atoms with Crippen molar-refractivity contribution in [3.63, 3.8) is 0 Å². The van der Waals surface area contributed by atoms with Crippen molar-refractivity contribution in [3.05, 3.63) is 66.3 Å². The number of halogens is 2. The summed E-state index contributed by atoms with van der Waals surface area (Å²) in [4.78, 5) is 0. The van der Waals surface area contributed by atoms with E-state index in [0.717, 1.165) is 19.4 Å². The summed E-state index contributed by atoms with van der Waals surface area (Å²) in [6, 6.07) is 14.7. The molecule has 2 aromatic rings. The molecule has 0 heterocycles. The van der Waals surface area contributed by atoms with E-state index in [0.29, 0.717) is 0 Å². The minimum Gasteiger partial charge on any atom is -1.00 e. The van der Waals surface area contributed by atoms with Crippen LogP contribution in [0, 0.1) is 6.08 Å². The van der Waals surface area contributed by atoms with Gasteiger partial charge in [0.05, 0.1) is 0 Å². The summed E-state index contributed by atoms with van der Waals surface area (Å²) in [6.07, 6.45) is 9.49. The third-order valence-electron chi connectivity index (χ3n) is 3.24. The fraction of sp³-hybridized carbons (Fsp3) is 0.364. The van der Waals surface area contributed by atoms with Gasteiger partial charge in [0.15, 0.2) is 8.32 Å². The molecule has 0 radical (unpaired) electrons. The van der Waals surface area contributed by atoms with E-state index in [1.165, 1.54) is 19.6 Å². The van der Waals surface area contributed by atoms with Gasteiger partial charge in [0, 0.05) is 6.61 Å². The molecule has 0 aliphatic heterocycles. The quantitative estimate of drug-likeness (QED) is 0.432. The van der Waals surface area contributed by atoms with Crippen LogP contribution in [0.4, 0.5) is 0 Å². The number of hydrogen-bond acceptors (Lipinski definition) is 1. The van der Waals surface area contributed by atoms with Crippen LogP contribution in [0.1, 0.15) is 26.7 Å². The summed E-state index contributed by atoms with van der Waals surface area (Å²) in [5.74, 6) is 0. The molecule has 0 spiro atoms. The van der Waals surface area contributed by atoms with Crippen molar-refractivity contribution >= 4 is 22.3 Å². The Labute approximate surface area is 193 Å². The second-order valence-electron chi connectivity index (χ2n) is 7.20. The van der Waals surface area contributed by atoms with Crippen LogP contribution in [0.25, 0.3) is 10.8 Å². The summed E-state index contributed by atoms with van der Waals surface area (Å²) in [5.41, 5.74) is 1.38. The first kappa shape index (κ1) is 29.0. The van der Waals surface area contributed by atoms with Gasteiger partial charge < -0.3 is 29.2 Å². The Kier molecular flexibility index (Phi) is 16.9. The molecule has 0 unspecified atom stereocenters. The van der Waals surface area contributed by atoms with E-state index in [4.69, 9.17) is 4.43 Å². The molecule has 3 rings (SSSR count). The Bertz CT molecular complexity index is 680.